The molecule has 0 radical (unpaired) electrons. The lowest BCUT2D eigenvalue weighted by molar-refractivity contribution is -0.147. The maximum absolute atomic E-state index is 11.4. The summed E-state index contributed by atoms with van der Waals surface area (Å²) in [6.45, 7) is 5.81. The Hall–Kier alpha value is -1.18. The van der Waals surface area contributed by atoms with Crippen molar-refractivity contribution in [1.82, 2.24) is 0 Å². The van der Waals surface area contributed by atoms with E-state index in [0.717, 1.165) is 25.7 Å². The largest absolute Gasteiger partial charge is 0.463 e. The van der Waals surface area contributed by atoms with Crippen LogP contribution in [0.2, 0.25) is 0 Å². The highest BCUT2D eigenvalue weighted by atomic mass is 16.5. The zero-order chi connectivity index (χ0) is 36.5. The highest BCUT2D eigenvalue weighted by molar-refractivity contribution is 5.69. The number of esters is 2. The minimum atomic E-state index is -0.954. The van der Waals surface area contributed by atoms with Crippen molar-refractivity contribution >= 4 is 11.9 Å². The van der Waals surface area contributed by atoms with Crippen molar-refractivity contribution < 1.29 is 34.4 Å². The third-order valence-corrected chi connectivity index (χ3v) is 9.10. The normalized spacial score (nSPS) is 12.3. The smallest absolute Gasteiger partial charge is 0.305 e. The number of unbranched alkanes of at least 4 members (excludes halogenated alkanes) is 28. The van der Waals surface area contributed by atoms with Crippen LogP contribution in [0.5, 0.6) is 0 Å². The van der Waals surface area contributed by atoms with Crippen LogP contribution in [0.3, 0.4) is 0 Å². The summed E-state index contributed by atoms with van der Waals surface area (Å²) >= 11 is 0. The highest BCUT2D eigenvalue weighted by Crippen LogP contribution is 2.15. The van der Waals surface area contributed by atoms with Gasteiger partial charge in [0.15, 0.2) is 0 Å². The van der Waals surface area contributed by atoms with Crippen LogP contribution in [0, 0.1) is 0 Å². The Labute approximate surface area is 304 Å². The van der Waals surface area contributed by atoms with E-state index in [-0.39, 0.29) is 31.8 Å². The summed E-state index contributed by atoms with van der Waals surface area (Å²) in [4.78, 5) is 22.7. The Kier molecular flexibility index (Phi) is 43.8. The number of hydrogen-bond donors (Lipinski definition) is 3. The second kappa shape index (κ2) is 43.0. The van der Waals surface area contributed by atoms with E-state index in [0.29, 0.717) is 12.8 Å². The van der Waals surface area contributed by atoms with Crippen LogP contribution >= 0.6 is 0 Å². The zero-order valence-corrected chi connectivity index (χ0v) is 32.9. The molecule has 2 unspecified atom stereocenters. The molecule has 0 rings (SSSR count). The van der Waals surface area contributed by atoms with E-state index in [1.54, 1.807) is 6.92 Å². The Morgan fingerprint density at radius 3 is 0.918 bits per heavy atom. The van der Waals surface area contributed by atoms with Crippen molar-refractivity contribution in [3.8, 4) is 0 Å². The minimum absolute atomic E-state index is 0.103. The van der Waals surface area contributed by atoms with Crippen LogP contribution in [0.15, 0.2) is 0 Å². The molecule has 7 nitrogen and oxygen atoms in total. The van der Waals surface area contributed by atoms with E-state index in [4.69, 9.17) is 24.8 Å². The van der Waals surface area contributed by atoms with Crippen molar-refractivity contribution in [2.45, 2.75) is 238 Å². The van der Waals surface area contributed by atoms with Crippen LogP contribution in [0.25, 0.3) is 0 Å². The summed E-state index contributed by atoms with van der Waals surface area (Å²) in [6.07, 6.45) is 38.9. The maximum Gasteiger partial charge on any atom is 0.305 e. The second-order valence-corrected chi connectivity index (χ2v) is 14.5. The Balaban J connectivity index is 0. The molecule has 0 aromatic heterocycles. The average Bonchev–Trinajstić information content (AvgIpc) is 3.09. The molecular formula is C42H84O7. The summed E-state index contributed by atoms with van der Waals surface area (Å²) in [5.74, 6) is -0.451. The van der Waals surface area contributed by atoms with Crippen molar-refractivity contribution in [2.24, 2.45) is 0 Å². The lowest BCUT2D eigenvalue weighted by atomic mass is 10.0. The Bertz CT molecular complexity index is 655. The standard InChI is InChI=1S/C21H42O4.C21H42O3/c1-2-3-4-5-6-7-8-9-10-11-12-13-14-15-16-17-21(24)25-19-20(23)18-22;1-3-4-5-6-7-8-9-10-11-12-13-14-15-16-17-18-21(23)24-19-20(2)22/h20,22-23H,2-19H2,1H3;20,22H,3-19H2,1-2H3. The third-order valence-electron chi connectivity index (χ3n) is 9.10. The summed E-state index contributed by atoms with van der Waals surface area (Å²) in [5, 5.41) is 26.7. The number of aliphatic hydroxyl groups is 3. The summed E-state index contributed by atoms with van der Waals surface area (Å²) < 4.78 is 9.80. The first-order valence-electron chi connectivity index (χ1n) is 21.1. The van der Waals surface area contributed by atoms with Gasteiger partial charge in [0.2, 0.25) is 0 Å². The van der Waals surface area contributed by atoms with Gasteiger partial charge in [0.1, 0.15) is 19.3 Å². The van der Waals surface area contributed by atoms with Gasteiger partial charge in [-0.15, -0.1) is 0 Å². The van der Waals surface area contributed by atoms with Gasteiger partial charge < -0.3 is 24.8 Å². The molecule has 2 atom stereocenters. The first kappa shape index (κ1) is 49.9. The van der Waals surface area contributed by atoms with Gasteiger partial charge in [-0.2, -0.15) is 0 Å². The Morgan fingerprint density at radius 1 is 0.429 bits per heavy atom. The molecule has 0 heterocycles. The van der Waals surface area contributed by atoms with Crippen LogP contribution in [0.4, 0.5) is 0 Å². The first-order valence-corrected chi connectivity index (χ1v) is 21.1. The van der Waals surface area contributed by atoms with Gasteiger partial charge in [-0.05, 0) is 19.8 Å². The van der Waals surface area contributed by atoms with Gasteiger partial charge in [-0.3, -0.25) is 9.59 Å². The summed E-state index contributed by atoms with van der Waals surface area (Å²) in [5.41, 5.74) is 0. The van der Waals surface area contributed by atoms with Gasteiger partial charge in [0.25, 0.3) is 0 Å². The number of carbonyl (C=O) groups is 2. The molecule has 0 aliphatic carbocycles. The molecule has 7 heteroatoms. The fraction of sp³-hybridized carbons (Fsp3) is 0.952. The van der Waals surface area contributed by atoms with Crippen LogP contribution in [-0.4, -0.2) is 59.3 Å². The van der Waals surface area contributed by atoms with E-state index >= 15 is 0 Å². The molecule has 0 bridgehead atoms. The van der Waals surface area contributed by atoms with E-state index in [9.17, 15) is 9.59 Å². The molecule has 0 aliphatic heterocycles. The van der Waals surface area contributed by atoms with Gasteiger partial charge in [-0.1, -0.05) is 194 Å². The molecule has 0 spiro atoms. The van der Waals surface area contributed by atoms with Crippen molar-refractivity contribution in [1.29, 1.82) is 0 Å². The topological polar surface area (TPSA) is 113 Å². The molecular weight excluding hydrogens is 616 g/mol. The van der Waals surface area contributed by atoms with Crippen molar-refractivity contribution in [2.75, 3.05) is 19.8 Å². The molecule has 0 aromatic rings. The lowest BCUT2D eigenvalue weighted by Gasteiger charge is -2.08. The number of rotatable bonds is 37. The van der Waals surface area contributed by atoms with E-state index in [1.165, 1.54) is 167 Å². The SMILES string of the molecule is CCCCCCCCCCCCCCCCCC(=O)OCC(C)O.CCCCCCCCCCCCCCCCCC(=O)OCC(O)CO. The predicted molar refractivity (Wildman–Crippen MR) is 206 cm³/mol. The fourth-order valence-electron chi connectivity index (χ4n) is 5.88. The predicted octanol–water partition coefficient (Wildman–Crippen LogP) is 11.3. The molecule has 49 heavy (non-hydrogen) atoms. The van der Waals surface area contributed by atoms with Crippen LogP contribution in [0.1, 0.15) is 226 Å². The van der Waals surface area contributed by atoms with E-state index < -0.39 is 12.2 Å². The summed E-state index contributed by atoms with van der Waals surface area (Å²) in [7, 11) is 0. The van der Waals surface area contributed by atoms with Gasteiger partial charge in [-0.25, -0.2) is 0 Å². The molecule has 3 N–H and O–H groups in total. The Morgan fingerprint density at radius 2 is 0.673 bits per heavy atom. The van der Waals surface area contributed by atoms with Crippen LogP contribution < -0.4 is 0 Å². The second-order valence-electron chi connectivity index (χ2n) is 14.5. The molecule has 294 valence electrons. The molecule has 0 aromatic carbocycles. The molecule has 0 amide bonds. The van der Waals surface area contributed by atoms with E-state index in [2.05, 4.69) is 13.8 Å². The number of ether oxygens (including phenoxy) is 2. The first-order chi connectivity index (χ1) is 23.9. The number of hydrogen-bond acceptors (Lipinski definition) is 7. The summed E-state index contributed by atoms with van der Waals surface area (Å²) in [6, 6.07) is 0. The fourth-order valence-corrected chi connectivity index (χ4v) is 5.88. The molecule has 0 saturated heterocycles. The molecule has 0 aliphatic rings. The van der Waals surface area contributed by atoms with Crippen molar-refractivity contribution in [3.63, 3.8) is 0 Å². The number of aliphatic hydroxyl groups excluding tert-OH is 3. The lowest BCUT2D eigenvalue weighted by Crippen LogP contribution is -2.21. The maximum atomic E-state index is 11.4. The van der Waals surface area contributed by atoms with Gasteiger partial charge >= 0.3 is 11.9 Å². The van der Waals surface area contributed by atoms with Gasteiger partial charge in [0.05, 0.1) is 12.7 Å². The number of carbonyl (C=O) groups excluding carboxylic acids is 2. The van der Waals surface area contributed by atoms with Crippen molar-refractivity contribution in [3.05, 3.63) is 0 Å². The third kappa shape index (κ3) is 46.8. The molecule has 0 fully saturated rings. The zero-order valence-electron chi connectivity index (χ0n) is 32.9. The quantitative estimate of drug-likeness (QED) is 0.0436. The highest BCUT2D eigenvalue weighted by Gasteiger charge is 2.07. The van der Waals surface area contributed by atoms with Crippen LogP contribution in [-0.2, 0) is 19.1 Å². The monoisotopic (exact) mass is 701 g/mol. The minimum Gasteiger partial charge on any atom is -0.463 e. The molecule has 0 saturated carbocycles. The van der Waals surface area contributed by atoms with Gasteiger partial charge in [0, 0.05) is 12.8 Å². The average molecular weight is 701 g/mol. The van der Waals surface area contributed by atoms with E-state index in [1.807, 2.05) is 0 Å².